The summed E-state index contributed by atoms with van der Waals surface area (Å²) in [6, 6.07) is 1.92. The maximum atomic E-state index is 10.6. The minimum Gasteiger partial charge on any atom is -0.388 e. The molecule has 3 heterocycles. The average molecular weight is 262 g/mol. The van der Waals surface area contributed by atoms with Crippen LogP contribution in [0.4, 0.5) is 5.82 Å². The highest BCUT2D eigenvalue weighted by Gasteiger charge is 2.31. The van der Waals surface area contributed by atoms with Gasteiger partial charge >= 0.3 is 0 Å². The van der Waals surface area contributed by atoms with Crippen molar-refractivity contribution in [3.63, 3.8) is 0 Å². The number of hydrogen-bond donors (Lipinski definition) is 1. The number of anilines is 1. The standard InChI is InChI=1S/C13H18N4O2/c1-16(10-13(18)3-8-19-9-4-13)12-11-2-5-15-17(11)7-6-14-12/h2,5-7,18H,3-4,8-10H2,1H3. The van der Waals surface area contributed by atoms with Gasteiger partial charge < -0.3 is 14.7 Å². The van der Waals surface area contributed by atoms with E-state index >= 15 is 0 Å². The highest BCUT2D eigenvalue weighted by Crippen LogP contribution is 2.24. The van der Waals surface area contributed by atoms with E-state index in [1.807, 2.05) is 24.2 Å². The summed E-state index contributed by atoms with van der Waals surface area (Å²) in [4.78, 5) is 6.39. The smallest absolute Gasteiger partial charge is 0.154 e. The highest BCUT2D eigenvalue weighted by atomic mass is 16.5. The molecule has 6 heteroatoms. The molecule has 1 saturated heterocycles. The number of hydrogen-bond acceptors (Lipinski definition) is 5. The fourth-order valence-electron chi connectivity index (χ4n) is 2.56. The summed E-state index contributed by atoms with van der Waals surface area (Å²) in [6.45, 7) is 1.79. The Hall–Kier alpha value is -1.66. The molecule has 0 aliphatic carbocycles. The van der Waals surface area contributed by atoms with Gasteiger partial charge in [-0.2, -0.15) is 5.10 Å². The summed E-state index contributed by atoms with van der Waals surface area (Å²) < 4.78 is 7.09. The number of aliphatic hydroxyl groups is 1. The van der Waals surface area contributed by atoms with E-state index in [1.165, 1.54) is 0 Å². The molecule has 0 atom stereocenters. The molecule has 1 aliphatic heterocycles. The van der Waals surface area contributed by atoms with Crippen LogP contribution in [0.5, 0.6) is 0 Å². The van der Waals surface area contributed by atoms with Gasteiger partial charge in [0.1, 0.15) is 5.52 Å². The number of nitrogens with zero attached hydrogens (tertiary/aromatic N) is 4. The first kappa shape index (κ1) is 12.4. The molecular formula is C13H18N4O2. The lowest BCUT2D eigenvalue weighted by Crippen LogP contribution is -2.46. The molecule has 1 fully saturated rings. The largest absolute Gasteiger partial charge is 0.388 e. The topological polar surface area (TPSA) is 62.9 Å². The maximum Gasteiger partial charge on any atom is 0.154 e. The van der Waals surface area contributed by atoms with E-state index < -0.39 is 5.60 Å². The number of ether oxygens (including phenoxy) is 1. The zero-order valence-electron chi connectivity index (χ0n) is 11.0. The first-order valence-corrected chi connectivity index (χ1v) is 6.48. The van der Waals surface area contributed by atoms with Crippen LogP contribution >= 0.6 is 0 Å². The van der Waals surface area contributed by atoms with Gasteiger partial charge in [0.2, 0.25) is 0 Å². The Morgan fingerprint density at radius 3 is 3.00 bits per heavy atom. The molecule has 0 bridgehead atoms. The molecular weight excluding hydrogens is 244 g/mol. The zero-order chi connectivity index (χ0) is 13.3. The van der Waals surface area contributed by atoms with E-state index in [2.05, 4.69) is 10.1 Å². The van der Waals surface area contributed by atoms with Gasteiger partial charge in [0.25, 0.3) is 0 Å². The fraction of sp³-hybridized carbons (Fsp3) is 0.538. The van der Waals surface area contributed by atoms with Gasteiger partial charge in [-0.3, -0.25) is 0 Å². The van der Waals surface area contributed by atoms with E-state index in [4.69, 9.17) is 4.74 Å². The molecule has 6 nitrogen and oxygen atoms in total. The highest BCUT2D eigenvalue weighted by molar-refractivity contribution is 5.67. The van der Waals surface area contributed by atoms with Gasteiger partial charge in [-0.25, -0.2) is 9.50 Å². The second-order valence-electron chi connectivity index (χ2n) is 5.10. The molecule has 0 unspecified atom stereocenters. The quantitative estimate of drug-likeness (QED) is 0.882. The third-order valence-corrected chi connectivity index (χ3v) is 3.62. The van der Waals surface area contributed by atoms with Crippen molar-refractivity contribution in [2.75, 3.05) is 31.7 Å². The summed E-state index contributed by atoms with van der Waals surface area (Å²) in [5, 5.41) is 14.7. The number of aromatic nitrogens is 3. The van der Waals surface area contributed by atoms with Crippen LogP contribution in [-0.2, 0) is 4.74 Å². The lowest BCUT2D eigenvalue weighted by Gasteiger charge is -2.35. The molecule has 2 aromatic rings. The molecule has 0 spiro atoms. The van der Waals surface area contributed by atoms with Gasteiger partial charge in [-0.05, 0) is 6.07 Å². The van der Waals surface area contributed by atoms with E-state index in [0.717, 1.165) is 11.3 Å². The van der Waals surface area contributed by atoms with Crippen molar-refractivity contribution in [2.24, 2.45) is 0 Å². The molecule has 19 heavy (non-hydrogen) atoms. The molecule has 1 aliphatic rings. The lowest BCUT2D eigenvalue weighted by atomic mass is 9.94. The minimum atomic E-state index is -0.693. The predicted octanol–water partition coefficient (Wildman–Crippen LogP) is 0.707. The molecule has 0 radical (unpaired) electrons. The fourth-order valence-corrected chi connectivity index (χ4v) is 2.56. The zero-order valence-corrected chi connectivity index (χ0v) is 11.0. The van der Waals surface area contributed by atoms with Gasteiger partial charge in [0.15, 0.2) is 5.82 Å². The van der Waals surface area contributed by atoms with E-state index in [0.29, 0.717) is 32.6 Å². The third kappa shape index (κ3) is 2.41. The van der Waals surface area contributed by atoms with Crippen LogP contribution in [0, 0.1) is 0 Å². The average Bonchev–Trinajstić information content (AvgIpc) is 2.86. The van der Waals surface area contributed by atoms with Crippen molar-refractivity contribution in [3.8, 4) is 0 Å². The lowest BCUT2D eigenvalue weighted by molar-refractivity contribution is -0.0573. The summed E-state index contributed by atoms with van der Waals surface area (Å²) >= 11 is 0. The summed E-state index contributed by atoms with van der Waals surface area (Å²) in [6.07, 6.45) is 6.62. The van der Waals surface area contributed by atoms with Gasteiger partial charge in [0, 0.05) is 52.0 Å². The Morgan fingerprint density at radius 2 is 2.21 bits per heavy atom. The van der Waals surface area contributed by atoms with Crippen molar-refractivity contribution in [2.45, 2.75) is 18.4 Å². The predicted molar refractivity (Wildman–Crippen MR) is 71.3 cm³/mol. The van der Waals surface area contributed by atoms with E-state index in [1.54, 1.807) is 16.9 Å². The molecule has 0 amide bonds. The van der Waals surface area contributed by atoms with Crippen LogP contribution < -0.4 is 4.90 Å². The first-order valence-electron chi connectivity index (χ1n) is 6.48. The molecule has 1 N–H and O–H groups in total. The Balaban J connectivity index is 1.83. The Labute approximate surface area is 111 Å². The molecule has 0 aromatic carbocycles. The Morgan fingerprint density at radius 1 is 1.42 bits per heavy atom. The van der Waals surface area contributed by atoms with Crippen LogP contribution in [0.3, 0.4) is 0 Å². The van der Waals surface area contributed by atoms with Crippen molar-refractivity contribution in [1.29, 1.82) is 0 Å². The summed E-state index contributed by atoms with van der Waals surface area (Å²) in [7, 11) is 1.95. The van der Waals surface area contributed by atoms with Gasteiger partial charge in [-0.1, -0.05) is 0 Å². The molecule has 102 valence electrons. The Kier molecular flexibility index (Phi) is 3.12. The Bertz CT molecular complexity index is 563. The summed E-state index contributed by atoms with van der Waals surface area (Å²) in [5.74, 6) is 0.833. The monoisotopic (exact) mass is 262 g/mol. The van der Waals surface area contributed by atoms with E-state index in [-0.39, 0.29) is 0 Å². The minimum absolute atomic E-state index is 0.550. The van der Waals surface area contributed by atoms with Crippen molar-refractivity contribution in [1.82, 2.24) is 14.6 Å². The normalized spacial score (nSPS) is 18.6. The van der Waals surface area contributed by atoms with Crippen molar-refractivity contribution >= 4 is 11.3 Å². The third-order valence-electron chi connectivity index (χ3n) is 3.62. The summed E-state index contributed by atoms with van der Waals surface area (Å²) in [5.41, 5.74) is 0.252. The van der Waals surface area contributed by atoms with Crippen molar-refractivity contribution < 1.29 is 9.84 Å². The van der Waals surface area contributed by atoms with Crippen LogP contribution in [0.1, 0.15) is 12.8 Å². The molecule has 0 saturated carbocycles. The second-order valence-corrected chi connectivity index (χ2v) is 5.10. The van der Waals surface area contributed by atoms with E-state index in [9.17, 15) is 5.11 Å². The van der Waals surface area contributed by atoms with Gasteiger partial charge in [-0.15, -0.1) is 0 Å². The molecule has 2 aromatic heterocycles. The number of fused-ring (bicyclic) bond motifs is 1. The van der Waals surface area contributed by atoms with Crippen LogP contribution in [0.25, 0.3) is 5.52 Å². The van der Waals surface area contributed by atoms with Crippen molar-refractivity contribution in [3.05, 3.63) is 24.7 Å². The number of likely N-dealkylation sites (N-methyl/N-ethyl adjacent to an activating group) is 1. The second kappa shape index (κ2) is 4.79. The van der Waals surface area contributed by atoms with Crippen LogP contribution in [0.2, 0.25) is 0 Å². The number of rotatable bonds is 3. The van der Waals surface area contributed by atoms with Crippen LogP contribution in [0.15, 0.2) is 24.7 Å². The SMILES string of the molecule is CN(CC1(O)CCOCC1)c1nccn2nccc12. The molecule has 3 rings (SSSR count). The van der Waals surface area contributed by atoms with Crippen LogP contribution in [-0.4, -0.2) is 52.1 Å². The van der Waals surface area contributed by atoms with Gasteiger partial charge in [0.05, 0.1) is 11.8 Å². The maximum absolute atomic E-state index is 10.6. The first-order chi connectivity index (χ1) is 9.18.